The molecule has 0 bridgehead atoms. The third-order valence-corrected chi connectivity index (χ3v) is 7.24. The Morgan fingerprint density at radius 1 is 0.846 bits per heavy atom. The van der Waals surface area contributed by atoms with Crippen molar-refractivity contribution in [2.75, 3.05) is 7.05 Å². The molecule has 9 nitrogen and oxygen atoms in total. The molecule has 1 heterocycles. The molecule has 2 aromatic rings. The summed E-state index contributed by atoms with van der Waals surface area (Å²) in [6.45, 7) is 7.85. The van der Waals surface area contributed by atoms with E-state index < -0.39 is 0 Å². The Morgan fingerprint density at radius 2 is 1.46 bits per heavy atom. The quantitative estimate of drug-likeness (QED) is 0.185. The van der Waals surface area contributed by atoms with Gasteiger partial charge in [0, 0.05) is 67.0 Å². The fourth-order valence-corrected chi connectivity index (χ4v) is 4.54. The smallest absolute Gasteiger partial charge is 0.220 e. The maximum atomic E-state index is 12.7. The van der Waals surface area contributed by atoms with Gasteiger partial charge < -0.3 is 31.0 Å². The van der Waals surface area contributed by atoms with E-state index in [2.05, 4.69) is 32.3 Å². The summed E-state index contributed by atoms with van der Waals surface area (Å²) in [7, 11) is 1.88. The van der Waals surface area contributed by atoms with E-state index >= 15 is 0 Å². The highest BCUT2D eigenvalue weighted by molar-refractivity contribution is 5.83. The van der Waals surface area contributed by atoms with E-state index in [9.17, 15) is 19.2 Å². The fourth-order valence-electron chi connectivity index (χ4n) is 4.54. The summed E-state index contributed by atoms with van der Waals surface area (Å²) in [6.07, 6.45) is 6.42. The molecule has 0 radical (unpaired) electrons. The van der Waals surface area contributed by atoms with Crippen molar-refractivity contribution in [2.45, 2.75) is 103 Å². The minimum atomic E-state index is -0.181. The number of carbonyl (C=O) groups is 4. The standard InChI is InChI=1S/C30H47N5O4/c1-20(2)26(16-17-36)35-30(39)14-11-22(4)33-28(37)15-12-24(34-29(38)13-10-21(3)31-5)18-23-19-32-27-9-7-6-8-25(23)27/h6-9,17,19-22,24,26,31-32H,10-16,18H2,1-5H3,(H,33,37)(H,34,38)(H,35,39)/t21-,22-,24+,26+/m0/s1. The van der Waals surface area contributed by atoms with Crippen molar-refractivity contribution in [2.24, 2.45) is 5.92 Å². The van der Waals surface area contributed by atoms with E-state index in [0.717, 1.165) is 29.2 Å². The average molecular weight is 542 g/mol. The first kappa shape index (κ1) is 32.0. The van der Waals surface area contributed by atoms with Crippen molar-refractivity contribution in [3.8, 4) is 0 Å². The minimum Gasteiger partial charge on any atom is -0.361 e. The third kappa shape index (κ3) is 11.6. The maximum absolute atomic E-state index is 12.7. The van der Waals surface area contributed by atoms with Gasteiger partial charge in [-0.3, -0.25) is 14.4 Å². The first-order chi connectivity index (χ1) is 18.6. The minimum absolute atomic E-state index is 0.0176. The summed E-state index contributed by atoms with van der Waals surface area (Å²) in [5.74, 6) is -0.0756. The number of nitrogens with one attached hydrogen (secondary N) is 5. The van der Waals surface area contributed by atoms with Crippen LogP contribution in [0.15, 0.2) is 30.5 Å². The second-order valence-corrected chi connectivity index (χ2v) is 10.9. The molecule has 1 aromatic carbocycles. The molecule has 0 aliphatic heterocycles. The van der Waals surface area contributed by atoms with Crippen molar-refractivity contribution in [3.05, 3.63) is 36.0 Å². The van der Waals surface area contributed by atoms with E-state index in [-0.39, 0.29) is 60.6 Å². The summed E-state index contributed by atoms with van der Waals surface area (Å²) in [5, 5.41) is 13.3. The van der Waals surface area contributed by atoms with Gasteiger partial charge in [-0.05, 0) is 64.1 Å². The summed E-state index contributed by atoms with van der Waals surface area (Å²) < 4.78 is 0. The highest BCUT2D eigenvalue weighted by Crippen LogP contribution is 2.20. The molecular weight excluding hydrogens is 494 g/mol. The number of hydrogen-bond acceptors (Lipinski definition) is 5. The Bertz CT molecular complexity index is 1070. The van der Waals surface area contributed by atoms with Crippen molar-refractivity contribution >= 4 is 34.9 Å². The average Bonchev–Trinajstić information content (AvgIpc) is 3.31. The number of aromatic nitrogens is 1. The van der Waals surface area contributed by atoms with Crippen LogP contribution in [0.5, 0.6) is 0 Å². The van der Waals surface area contributed by atoms with E-state index in [1.165, 1.54) is 0 Å². The van der Waals surface area contributed by atoms with Crippen LogP contribution in [-0.2, 0) is 25.6 Å². The van der Waals surface area contributed by atoms with Gasteiger partial charge in [0.25, 0.3) is 0 Å². The van der Waals surface area contributed by atoms with Gasteiger partial charge in [-0.25, -0.2) is 0 Å². The predicted octanol–water partition coefficient (Wildman–Crippen LogP) is 3.38. The molecule has 0 unspecified atom stereocenters. The fraction of sp³-hybridized carbons (Fsp3) is 0.600. The molecule has 0 saturated heterocycles. The molecule has 39 heavy (non-hydrogen) atoms. The van der Waals surface area contributed by atoms with Crippen LogP contribution in [-0.4, -0.2) is 60.2 Å². The maximum Gasteiger partial charge on any atom is 0.220 e. The molecule has 2 rings (SSSR count). The Kier molecular flexibility index (Phi) is 13.7. The van der Waals surface area contributed by atoms with Gasteiger partial charge in [-0.2, -0.15) is 0 Å². The Hall–Kier alpha value is -3.20. The molecule has 216 valence electrons. The molecule has 0 aliphatic rings. The van der Waals surface area contributed by atoms with Crippen LogP contribution in [0, 0.1) is 5.92 Å². The number of para-hydroxylation sites is 1. The van der Waals surface area contributed by atoms with Crippen LogP contribution >= 0.6 is 0 Å². The Labute approximate surface area is 232 Å². The lowest BCUT2D eigenvalue weighted by molar-refractivity contribution is -0.124. The first-order valence-corrected chi connectivity index (χ1v) is 14.2. The van der Waals surface area contributed by atoms with Gasteiger partial charge in [0.2, 0.25) is 17.7 Å². The number of aromatic amines is 1. The van der Waals surface area contributed by atoms with Crippen LogP contribution in [0.3, 0.4) is 0 Å². The number of H-pyrrole nitrogens is 1. The molecule has 0 fully saturated rings. The summed E-state index contributed by atoms with van der Waals surface area (Å²) in [6, 6.07) is 7.77. The zero-order valence-electron chi connectivity index (χ0n) is 24.1. The first-order valence-electron chi connectivity index (χ1n) is 14.2. The van der Waals surface area contributed by atoms with E-state index in [1.54, 1.807) is 0 Å². The molecular formula is C30H47N5O4. The molecule has 1 aromatic heterocycles. The van der Waals surface area contributed by atoms with Crippen molar-refractivity contribution in [1.29, 1.82) is 0 Å². The molecule has 3 amide bonds. The molecule has 0 saturated carbocycles. The second kappa shape index (κ2) is 16.7. The Morgan fingerprint density at radius 3 is 2.13 bits per heavy atom. The molecule has 0 aliphatic carbocycles. The van der Waals surface area contributed by atoms with Gasteiger partial charge in [-0.1, -0.05) is 32.0 Å². The second-order valence-electron chi connectivity index (χ2n) is 10.9. The lowest BCUT2D eigenvalue weighted by Gasteiger charge is -2.21. The predicted molar refractivity (Wildman–Crippen MR) is 155 cm³/mol. The van der Waals surface area contributed by atoms with Crippen LogP contribution in [0.2, 0.25) is 0 Å². The number of aldehydes is 1. The van der Waals surface area contributed by atoms with Gasteiger partial charge in [0.15, 0.2) is 0 Å². The molecule has 4 atom stereocenters. The lowest BCUT2D eigenvalue weighted by atomic mass is 10.00. The van der Waals surface area contributed by atoms with E-state index in [1.807, 2.05) is 59.1 Å². The zero-order valence-corrected chi connectivity index (χ0v) is 24.1. The SMILES string of the molecule is CN[C@@H](C)CCC(=O)N[C@H](CCC(=O)N[C@@H](C)CCC(=O)N[C@H](CC=O)C(C)C)Cc1c[nH]c2ccccc12. The summed E-state index contributed by atoms with van der Waals surface area (Å²) in [4.78, 5) is 51.9. The number of carbonyl (C=O) groups excluding carboxylic acids is 4. The third-order valence-electron chi connectivity index (χ3n) is 7.24. The van der Waals surface area contributed by atoms with Gasteiger partial charge in [0.1, 0.15) is 6.29 Å². The number of fused-ring (bicyclic) bond motifs is 1. The van der Waals surface area contributed by atoms with Crippen LogP contribution in [0.4, 0.5) is 0 Å². The summed E-state index contributed by atoms with van der Waals surface area (Å²) >= 11 is 0. The van der Waals surface area contributed by atoms with E-state index in [4.69, 9.17) is 0 Å². The van der Waals surface area contributed by atoms with Crippen LogP contribution in [0.1, 0.15) is 78.2 Å². The summed E-state index contributed by atoms with van der Waals surface area (Å²) in [5.41, 5.74) is 2.15. The van der Waals surface area contributed by atoms with Gasteiger partial charge in [0.05, 0.1) is 0 Å². The van der Waals surface area contributed by atoms with Crippen molar-refractivity contribution in [1.82, 2.24) is 26.3 Å². The largest absolute Gasteiger partial charge is 0.361 e. The van der Waals surface area contributed by atoms with Crippen LogP contribution in [0.25, 0.3) is 10.9 Å². The van der Waals surface area contributed by atoms with Gasteiger partial charge >= 0.3 is 0 Å². The molecule has 0 spiro atoms. The molecule has 5 N–H and O–H groups in total. The van der Waals surface area contributed by atoms with Crippen LogP contribution < -0.4 is 21.3 Å². The number of rotatable bonds is 18. The highest BCUT2D eigenvalue weighted by atomic mass is 16.2. The number of benzene rings is 1. The number of hydrogen-bond donors (Lipinski definition) is 5. The van der Waals surface area contributed by atoms with E-state index in [0.29, 0.717) is 32.1 Å². The topological polar surface area (TPSA) is 132 Å². The Balaban J connectivity index is 1.89. The monoisotopic (exact) mass is 541 g/mol. The normalized spacial score (nSPS) is 14.4. The molecule has 9 heteroatoms. The van der Waals surface area contributed by atoms with Crippen molar-refractivity contribution in [3.63, 3.8) is 0 Å². The zero-order chi connectivity index (χ0) is 28.8. The highest BCUT2D eigenvalue weighted by Gasteiger charge is 2.19. The number of amides is 3. The van der Waals surface area contributed by atoms with Crippen molar-refractivity contribution < 1.29 is 19.2 Å². The van der Waals surface area contributed by atoms with Gasteiger partial charge in [-0.15, -0.1) is 0 Å². The lowest BCUT2D eigenvalue weighted by Crippen LogP contribution is -2.40.